The molecule has 0 heterocycles. The predicted molar refractivity (Wildman–Crippen MR) is 133 cm³/mol. The normalized spacial score (nSPS) is 10.1. The van der Waals surface area contributed by atoms with Crippen LogP contribution in [0.5, 0.6) is 34.5 Å². The maximum atomic E-state index is 11.7. The molecule has 36 heavy (non-hydrogen) atoms. The number of hydrogen-bond donors (Lipinski definition) is 3. The highest BCUT2D eigenvalue weighted by Crippen LogP contribution is 2.45. The fourth-order valence-corrected chi connectivity index (χ4v) is 3.24. The first-order valence-electron chi connectivity index (χ1n) is 10.7. The van der Waals surface area contributed by atoms with Crippen LogP contribution < -0.4 is 14.2 Å². The second kappa shape index (κ2) is 11.7. The molecule has 190 valence electrons. The predicted octanol–water partition coefficient (Wildman–Crippen LogP) is 4.79. The smallest absolute Gasteiger partial charge is 0.165 e. The monoisotopic (exact) mass is 496 g/mol. The molecule has 0 aliphatic heterocycles. The Morgan fingerprint density at radius 3 is 1.25 bits per heavy atom. The van der Waals surface area contributed by atoms with Crippen LogP contribution in [0.1, 0.15) is 51.8 Å². The molecular weight excluding hydrogens is 468 g/mol. The van der Waals surface area contributed by atoms with Gasteiger partial charge in [-0.25, -0.2) is 0 Å². The number of benzene rings is 3. The second-order valence-electron chi connectivity index (χ2n) is 7.70. The largest absolute Gasteiger partial charge is 0.504 e. The van der Waals surface area contributed by atoms with Gasteiger partial charge in [0.25, 0.3) is 0 Å². The van der Waals surface area contributed by atoms with Gasteiger partial charge in [-0.2, -0.15) is 0 Å². The van der Waals surface area contributed by atoms with E-state index >= 15 is 0 Å². The van der Waals surface area contributed by atoms with Gasteiger partial charge < -0.3 is 29.5 Å². The molecule has 0 saturated heterocycles. The summed E-state index contributed by atoms with van der Waals surface area (Å²) in [5.41, 5.74) is 1.46. The van der Waals surface area contributed by atoms with Crippen molar-refractivity contribution in [3.63, 3.8) is 0 Å². The highest BCUT2D eigenvalue weighted by Gasteiger charge is 2.21. The van der Waals surface area contributed by atoms with Crippen molar-refractivity contribution in [2.75, 3.05) is 21.3 Å². The van der Waals surface area contributed by atoms with Gasteiger partial charge >= 0.3 is 0 Å². The second-order valence-corrected chi connectivity index (χ2v) is 7.70. The Labute approximate surface area is 208 Å². The molecule has 0 fully saturated rings. The standard InChI is InChI=1S/C18H18O6.C9H10O3/c1-9(19)11-5-13(17(21)15(7-11)23-3)14-6-12(10(2)20)8-16(24-4)18(14)22;1-6(10)7-3-4-8(11)9(5-7)12-2/h5-8,21-22H,1-4H3;3-5,11H,1-2H3. The zero-order valence-corrected chi connectivity index (χ0v) is 20.8. The Balaban J connectivity index is 0.000000319. The molecule has 9 nitrogen and oxygen atoms in total. The third kappa shape index (κ3) is 6.12. The van der Waals surface area contributed by atoms with Crippen molar-refractivity contribution in [1.29, 1.82) is 0 Å². The first-order chi connectivity index (χ1) is 16.9. The molecule has 0 aliphatic carbocycles. The van der Waals surface area contributed by atoms with Gasteiger partial charge in [-0.15, -0.1) is 0 Å². The Bertz CT molecular complexity index is 1240. The maximum absolute atomic E-state index is 11.7. The van der Waals surface area contributed by atoms with E-state index in [4.69, 9.17) is 14.2 Å². The zero-order chi connectivity index (χ0) is 27.2. The Morgan fingerprint density at radius 1 is 0.556 bits per heavy atom. The van der Waals surface area contributed by atoms with Crippen molar-refractivity contribution in [2.24, 2.45) is 0 Å². The lowest BCUT2D eigenvalue weighted by Gasteiger charge is -2.15. The third-order valence-electron chi connectivity index (χ3n) is 5.28. The van der Waals surface area contributed by atoms with Gasteiger partial charge in [-0.3, -0.25) is 14.4 Å². The molecule has 3 aromatic rings. The molecule has 3 aromatic carbocycles. The van der Waals surface area contributed by atoms with Gasteiger partial charge in [0, 0.05) is 27.8 Å². The lowest BCUT2D eigenvalue weighted by Crippen LogP contribution is -1.99. The molecular formula is C27H28O9. The quantitative estimate of drug-likeness (QED) is 0.394. The summed E-state index contributed by atoms with van der Waals surface area (Å²) in [4.78, 5) is 34.3. The third-order valence-corrected chi connectivity index (χ3v) is 5.28. The number of aromatic hydroxyl groups is 3. The molecule has 0 bridgehead atoms. The maximum Gasteiger partial charge on any atom is 0.165 e. The highest BCUT2D eigenvalue weighted by atomic mass is 16.5. The van der Waals surface area contributed by atoms with Crippen molar-refractivity contribution in [1.82, 2.24) is 0 Å². The number of phenols is 3. The molecule has 0 radical (unpaired) electrons. The summed E-state index contributed by atoms with van der Waals surface area (Å²) in [7, 11) is 4.16. The molecule has 3 N–H and O–H groups in total. The number of methoxy groups -OCH3 is 3. The van der Waals surface area contributed by atoms with E-state index in [1.54, 1.807) is 6.07 Å². The van der Waals surface area contributed by atoms with Crippen LogP contribution in [0.3, 0.4) is 0 Å². The SMILES string of the molecule is COc1cc(C(C)=O)cc(-c2cc(C(C)=O)cc(OC)c2O)c1O.COc1cc(C(C)=O)ccc1O. The zero-order valence-electron chi connectivity index (χ0n) is 20.8. The van der Waals surface area contributed by atoms with Crippen LogP contribution in [0.4, 0.5) is 0 Å². The van der Waals surface area contributed by atoms with Crippen molar-refractivity contribution in [3.05, 3.63) is 59.2 Å². The fraction of sp³-hybridized carbons (Fsp3) is 0.222. The van der Waals surface area contributed by atoms with E-state index in [0.29, 0.717) is 22.4 Å². The summed E-state index contributed by atoms with van der Waals surface area (Å²) in [6.45, 7) is 4.22. The van der Waals surface area contributed by atoms with E-state index < -0.39 is 0 Å². The van der Waals surface area contributed by atoms with Crippen LogP contribution in [-0.4, -0.2) is 54.0 Å². The van der Waals surface area contributed by atoms with Gasteiger partial charge in [0.05, 0.1) is 21.3 Å². The summed E-state index contributed by atoms with van der Waals surface area (Å²) >= 11 is 0. The fourth-order valence-electron chi connectivity index (χ4n) is 3.24. The molecule has 3 rings (SSSR count). The minimum Gasteiger partial charge on any atom is -0.504 e. The number of ether oxygens (including phenoxy) is 3. The van der Waals surface area contributed by atoms with Crippen molar-refractivity contribution in [2.45, 2.75) is 20.8 Å². The molecule has 9 heteroatoms. The van der Waals surface area contributed by atoms with Crippen LogP contribution in [0, 0.1) is 0 Å². The summed E-state index contributed by atoms with van der Waals surface area (Å²) in [6.07, 6.45) is 0. The number of phenolic OH excluding ortho intramolecular Hbond substituents is 3. The molecule has 0 amide bonds. The number of carbonyl (C=O) groups excluding carboxylic acids is 3. The van der Waals surface area contributed by atoms with E-state index in [0.717, 1.165) is 0 Å². The van der Waals surface area contributed by atoms with Crippen LogP contribution in [0.25, 0.3) is 11.1 Å². The van der Waals surface area contributed by atoms with E-state index in [9.17, 15) is 29.7 Å². The Hall–Kier alpha value is -4.53. The summed E-state index contributed by atoms with van der Waals surface area (Å²) < 4.78 is 15.0. The Kier molecular flexibility index (Phi) is 9.04. The highest BCUT2D eigenvalue weighted by molar-refractivity contribution is 6.00. The number of hydrogen-bond acceptors (Lipinski definition) is 9. The molecule has 0 saturated carbocycles. The minimum absolute atomic E-state index is 0.0440. The molecule has 0 unspecified atom stereocenters. The van der Waals surface area contributed by atoms with Crippen LogP contribution in [-0.2, 0) is 0 Å². The van der Waals surface area contributed by atoms with Crippen molar-refractivity contribution >= 4 is 17.3 Å². The lowest BCUT2D eigenvalue weighted by molar-refractivity contribution is 0.100. The minimum atomic E-state index is -0.249. The number of rotatable bonds is 7. The first kappa shape index (κ1) is 27.7. The molecule has 0 aromatic heterocycles. The summed E-state index contributed by atoms with van der Waals surface area (Å²) in [5, 5.41) is 30.0. The van der Waals surface area contributed by atoms with Crippen LogP contribution in [0.15, 0.2) is 42.5 Å². The van der Waals surface area contributed by atoms with Crippen molar-refractivity contribution in [3.8, 4) is 45.6 Å². The van der Waals surface area contributed by atoms with E-state index in [2.05, 4.69) is 0 Å². The molecule has 0 atom stereocenters. The van der Waals surface area contributed by atoms with E-state index in [-0.39, 0.29) is 57.2 Å². The lowest BCUT2D eigenvalue weighted by atomic mass is 9.96. The average Bonchev–Trinajstić information content (AvgIpc) is 2.84. The molecule has 0 aliphatic rings. The molecule has 0 spiro atoms. The van der Waals surface area contributed by atoms with Gasteiger partial charge in [0.1, 0.15) is 0 Å². The van der Waals surface area contributed by atoms with Crippen LogP contribution >= 0.6 is 0 Å². The topological polar surface area (TPSA) is 140 Å². The van der Waals surface area contributed by atoms with Gasteiger partial charge in [-0.1, -0.05) is 0 Å². The number of Topliss-reactive ketones (excluding diaryl/α,β-unsaturated/α-hetero) is 3. The number of ketones is 3. The number of carbonyl (C=O) groups is 3. The summed E-state index contributed by atoms with van der Waals surface area (Å²) in [5.74, 6) is -0.472. The van der Waals surface area contributed by atoms with Gasteiger partial charge in [-0.05, 0) is 63.2 Å². The van der Waals surface area contributed by atoms with E-state index in [1.807, 2.05) is 0 Å². The average molecular weight is 497 g/mol. The Morgan fingerprint density at radius 2 is 0.917 bits per heavy atom. The van der Waals surface area contributed by atoms with Gasteiger partial charge in [0.2, 0.25) is 0 Å². The van der Waals surface area contributed by atoms with Gasteiger partial charge in [0.15, 0.2) is 51.8 Å². The van der Waals surface area contributed by atoms with Crippen LogP contribution in [0.2, 0.25) is 0 Å². The summed E-state index contributed by atoms with van der Waals surface area (Å²) in [6, 6.07) is 10.2. The van der Waals surface area contributed by atoms with Crippen molar-refractivity contribution < 1.29 is 43.9 Å². The first-order valence-corrected chi connectivity index (χ1v) is 10.7. The van der Waals surface area contributed by atoms with E-state index in [1.165, 1.54) is 78.5 Å².